The lowest BCUT2D eigenvalue weighted by atomic mass is 9.97. The minimum absolute atomic E-state index is 0.0181. The van der Waals surface area contributed by atoms with Crippen molar-refractivity contribution in [1.82, 2.24) is 4.90 Å². The molecule has 1 atom stereocenters. The van der Waals surface area contributed by atoms with Gasteiger partial charge in [-0.05, 0) is 38.4 Å². The van der Waals surface area contributed by atoms with Crippen LogP contribution in [0.2, 0.25) is 0 Å². The molecule has 0 aromatic heterocycles. The first-order valence-electron chi connectivity index (χ1n) is 6.25. The molecule has 1 heterocycles. The standard InChI is InChI=1S/C11H20N4O3/c1-2-18-11(17)9-3-5-15(6-4-9)8-10(16)7-13-14-12/h9-10,16H,2-8H2,1H3. The summed E-state index contributed by atoms with van der Waals surface area (Å²) in [5.74, 6) is -0.137. The number of azide groups is 1. The fourth-order valence-corrected chi connectivity index (χ4v) is 2.10. The lowest BCUT2D eigenvalue weighted by Crippen LogP contribution is -2.41. The van der Waals surface area contributed by atoms with Gasteiger partial charge in [-0.15, -0.1) is 0 Å². The molecule has 1 aliphatic heterocycles. The van der Waals surface area contributed by atoms with Gasteiger partial charge >= 0.3 is 5.97 Å². The van der Waals surface area contributed by atoms with Crippen molar-refractivity contribution in [3.63, 3.8) is 0 Å². The molecule has 1 saturated heterocycles. The van der Waals surface area contributed by atoms with Gasteiger partial charge < -0.3 is 14.7 Å². The number of carbonyl (C=O) groups excluding carboxylic acids is 1. The Labute approximate surface area is 106 Å². The van der Waals surface area contributed by atoms with E-state index in [1.54, 1.807) is 6.92 Å². The van der Waals surface area contributed by atoms with Crippen molar-refractivity contribution in [2.75, 3.05) is 32.8 Å². The SMILES string of the molecule is CCOC(=O)C1CCN(CC(O)CN=[N+]=[N-])CC1. The summed E-state index contributed by atoms with van der Waals surface area (Å²) in [5.41, 5.74) is 8.15. The van der Waals surface area contributed by atoms with Gasteiger partial charge in [-0.2, -0.15) is 0 Å². The number of rotatable bonds is 6. The Bertz CT molecular complexity index is 309. The maximum Gasteiger partial charge on any atom is 0.309 e. The van der Waals surface area contributed by atoms with Crippen LogP contribution in [0.5, 0.6) is 0 Å². The molecule has 18 heavy (non-hydrogen) atoms. The van der Waals surface area contributed by atoms with Crippen LogP contribution in [0.25, 0.3) is 10.4 Å². The molecule has 7 heteroatoms. The quantitative estimate of drug-likeness (QED) is 0.331. The van der Waals surface area contributed by atoms with Crippen LogP contribution < -0.4 is 0 Å². The topological polar surface area (TPSA) is 98.5 Å². The summed E-state index contributed by atoms with van der Waals surface area (Å²) in [5, 5.41) is 12.9. The van der Waals surface area contributed by atoms with Gasteiger partial charge in [-0.25, -0.2) is 0 Å². The van der Waals surface area contributed by atoms with E-state index in [0.29, 0.717) is 13.2 Å². The number of likely N-dealkylation sites (tertiary alicyclic amines) is 1. The van der Waals surface area contributed by atoms with Crippen LogP contribution in [0.4, 0.5) is 0 Å². The van der Waals surface area contributed by atoms with E-state index in [2.05, 4.69) is 14.9 Å². The van der Waals surface area contributed by atoms with Crippen LogP contribution in [0.1, 0.15) is 19.8 Å². The van der Waals surface area contributed by atoms with Gasteiger partial charge in [0.05, 0.1) is 25.2 Å². The van der Waals surface area contributed by atoms with E-state index >= 15 is 0 Å². The minimum atomic E-state index is -0.639. The van der Waals surface area contributed by atoms with Crippen molar-refractivity contribution >= 4 is 5.97 Å². The Morgan fingerprint density at radius 3 is 2.83 bits per heavy atom. The van der Waals surface area contributed by atoms with Crippen LogP contribution in [-0.2, 0) is 9.53 Å². The number of esters is 1. The van der Waals surface area contributed by atoms with Crippen LogP contribution in [0, 0.1) is 5.92 Å². The van der Waals surface area contributed by atoms with Crippen LogP contribution in [0.3, 0.4) is 0 Å². The third kappa shape index (κ3) is 4.91. The molecular formula is C11H20N4O3. The van der Waals surface area contributed by atoms with Crippen LogP contribution in [0.15, 0.2) is 5.11 Å². The molecule has 0 bridgehead atoms. The molecule has 0 spiro atoms. The van der Waals surface area contributed by atoms with E-state index in [-0.39, 0.29) is 18.4 Å². The number of piperidine rings is 1. The normalized spacial score (nSPS) is 19.0. The van der Waals surface area contributed by atoms with Gasteiger partial charge in [0, 0.05) is 11.5 Å². The number of hydrogen-bond donors (Lipinski definition) is 1. The Balaban J connectivity index is 2.26. The molecular weight excluding hydrogens is 236 g/mol. The first-order valence-corrected chi connectivity index (χ1v) is 6.25. The third-order valence-corrected chi connectivity index (χ3v) is 3.03. The van der Waals surface area contributed by atoms with Gasteiger partial charge in [0.2, 0.25) is 0 Å². The number of hydrogen-bond acceptors (Lipinski definition) is 5. The molecule has 1 unspecified atom stereocenters. The summed E-state index contributed by atoms with van der Waals surface area (Å²) in [7, 11) is 0. The average molecular weight is 256 g/mol. The van der Waals surface area contributed by atoms with Gasteiger partial charge in [-0.1, -0.05) is 5.11 Å². The number of ether oxygens (including phenoxy) is 1. The fourth-order valence-electron chi connectivity index (χ4n) is 2.10. The predicted molar refractivity (Wildman–Crippen MR) is 65.8 cm³/mol. The number of aliphatic hydroxyl groups excluding tert-OH is 1. The lowest BCUT2D eigenvalue weighted by molar-refractivity contribution is -0.149. The zero-order valence-corrected chi connectivity index (χ0v) is 10.7. The van der Waals surface area contributed by atoms with Crippen molar-refractivity contribution < 1.29 is 14.6 Å². The summed E-state index contributed by atoms with van der Waals surface area (Å²) in [4.78, 5) is 16.2. The average Bonchev–Trinajstić information content (AvgIpc) is 2.37. The molecule has 1 fully saturated rings. The van der Waals surface area contributed by atoms with E-state index in [9.17, 15) is 9.90 Å². The predicted octanol–water partition coefficient (Wildman–Crippen LogP) is 0.933. The van der Waals surface area contributed by atoms with E-state index in [1.165, 1.54) is 0 Å². The zero-order valence-electron chi connectivity index (χ0n) is 10.7. The van der Waals surface area contributed by atoms with Crippen molar-refractivity contribution in [3.05, 3.63) is 10.4 Å². The van der Waals surface area contributed by atoms with Gasteiger partial charge in [0.15, 0.2) is 0 Å². The Hall–Kier alpha value is -1.30. The van der Waals surface area contributed by atoms with E-state index in [1.807, 2.05) is 0 Å². The van der Waals surface area contributed by atoms with Crippen LogP contribution >= 0.6 is 0 Å². The minimum Gasteiger partial charge on any atom is -0.466 e. The highest BCUT2D eigenvalue weighted by Crippen LogP contribution is 2.18. The lowest BCUT2D eigenvalue weighted by Gasteiger charge is -2.31. The van der Waals surface area contributed by atoms with Crippen molar-refractivity contribution in [3.8, 4) is 0 Å². The summed E-state index contributed by atoms with van der Waals surface area (Å²) in [6.45, 7) is 4.32. The number of nitrogens with zero attached hydrogens (tertiary/aromatic N) is 4. The summed E-state index contributed by atoms with van der Waals surface area (Å²) >= 11 is 0. The Morgan fingerprint density at radius 1 is 1.61 bits per heavy atom. The Morgan fingerprint density at radius 2 is 2.28 bits per heavy atom. The van der Waals surface area contributed by atoms with Gasteiger partial charge in [0.1, 0.15) is 0 Å². The molecule has 1 rings (SSSR count). The second kappa shape index (κ2) is 7.92. The van der Waals surface area contributed by atoms with E-state index < -0.39 is 6.10 Å². The van der Waals surface area contributed by atoms with Crippen LogP contribution in [-0.4, -0.2) is 54.9 Å². The van der Waals surface area contributed by atoms with Gasteiger partial charge in [0.25, 0.3) is 0 Å². The zero-order chi connectivity index (χ0) is 13.4. The van der Waals surface area contributed by atoms with Crippen molar-refractivity contribution in [2.45, 2.75) is 25.9 Å². The molecule has 0 saturated carbocycles. The smallest absolute Gasteiger partial charge is 0.309 e. The number of carbonyl (C=O) groups is 1. The second-order valence-electron chi connectivity index (χ2n) is 4.39. The van der Waals surface area contributed by atoms with E-state index in [0.717, 1.165) is 25.9 Å². The molecule has 102 valence electrons. The van der Waals surface area contributed by atoms with Crippen molar-refractivity contribution in [2.24, 2.45) is 11.0 Å². The highest BCUT2D eigenvalue weighted by atomic mass is 16.5. The largest absolute Gasteiger partial charge is 0.466 e. The first-order chi connectivity index (χ1) is 8.67. The molecule has 0 amide bonds. The van der Waals surface area contributed by atoms with E-state index in [4.69, 9.17) is 10.3 Å². The number of aliphatic hydroxyl groups is 1. The maximum atomic E-state index is 11.5. The molecule has 0 aromatic rings. The van der Waals surface area contributed by atoms with Gasteiger partial charge in [-0.3, -0.25) is 4.79 Å². The van der Waals surface area contributed by atoms with Crippen molar-refractivity contribution in [1.29, 1.82) is 0 Å². The molecule has 0 aromatic carbocycles. The molecule has 0 aliphatic carbocycles. The third-order valence-electron chi connectivity index (χ3n) is 3.03. The molecule has 0 radical (unpaired) electrons. The summed E-state index contributed by atoms with van der Waals surface area (Å²) < 4.78 is 4.99. The fraction of sp³-hybridized carbons (Fsp3) is 0.909. The maximum absolute atomic E-state index is 11.5. The number of β-amino-alcohol motifs (C(OH)–C–C–N with tert-alkyl or cyclic N) is 1. The Kier molecular flexibility index (Phi) is 6.49. The molecule has 1 aliphatic rings. The highest BCUT2D eigenvalue weighted by Gasteiger charge is 2.26. The molecule has 1 N–H and O–H groups in total. The second-order valence-corrected chi connectivity index (χ2v) is 4.39. The molecule has 7 nitrogen and oxygen atoms in total. The summed E-state index contributed by atoms with van der Waals surface area (Å²) in [6.07, 6.45) is 0.875. The monoisotopic (exact) mass is 256 g/mol. The highest BCUT2D eigenvalue weighted by molar-refractivity contribution is 5.72. The summed E-state index contributed by atoms with van der Waals surface area (Å²) in [6, 6.07) is 0. The first kappa shape index (κ1) is 14.8.